The van der Waals surface area contributed by atoms with Crippen molar-refractivity contribution in [3.05, 3.63) is 71.8 Å². The number of alkyl carbamates (subject to hydrolysis) is 1. The summed E-state index contributed by atoms with van der Waals surface area (Å²) in [5, 5.41) is 3.06. The summed E-state index contributed by atoms with van der Waals surface area (Å²) in [6, 6.07) is 21.7. The van der Waals surface area contributed by atoms with Crippen LogP contribution in [0.25, 0.3) is 0 Å². The third kappa shape index (κ3) is 4.69. The van der Waals surface area contributed by atoms with E-state index in [1.165, 1.54) is 11.1 Å². The first kappa shape index (κ1) is 19.4. The number of nitrogens with zero attached hydrogens (tertiary/aromatic N) is 1. The van der Waals surface area contributed by atoms with Crippen LogP contribution in [0.4, 0.5) is 4.79 Å². The quantitative estimate of drug-likeness (QED) is 0.829. The first-order valence-electron chi connectivity index (χ1n) is 9.74. The van der Waals surface area contributed by atoms with Crippen LogP contribution in [0.15, 0.2) is 60.7 Å². The second kappa shape index (κ2) is 8.13. The Kier molecular flexibility index (Phi) is 5.85. The molecule has 1 aliphatic rings. The highest BCUT2D eigenvalue weighted by Crippen LogP contribution is 2.37. The smallest absolute Gasteiger partial charge is 0.407 e. The fourth-order valence-electron chi connectivity index (χ4n) is 3.84. The van der Waals surface area contributed by atoms with E-state index < -0.39 is 5.60 Å². The molecule has 1 N–H and O–H groups in total. The number of nitrogens with one attached hydrogen (secondary N) is 1. The van der Waals surface area contributed by atoms with Crippen molar-refractivity contribution in [1.82, 2.24) is 10.2 Å². The number of carbonyl (C=O) groups is 1. The third-order valence-electron chi connectivity index (χ3n) is 4.98. The largest absolute Gasteiger partial charge is 0.444 e. The van der Waals surface area contributed by atoms with E-state index in [-0.39, 0.29) is 24.2 Å². The van der Waals surface area contributed by atoms with Gasteiger partial charge in [0, 0.05) is 12.6 Å². The fourth-order valence-corrected chi connectivity index (χ4v) is 3.84. The Morgan fingerprint density at radius 3 is 2.04 bits per heavy atom. The van der Waals surface area contributed by atoms with Crippen LogP contribution in [0.2, 0.25) is 0 Å². The van der Waals surface area contributed by atoms with Gasteiger partial charge in [0.1, 0.15) is 5.60 Å². The molecule has 2 aromatic carbocycles. The minimum absolute atomic E-state index is 0.111. The lowest BCUT2D eigenvalue weighted by Gasteiger charge is -2.52. The van der Waals surface area contributed by atoms with Gasteiger partial charge in [-0.3, -0.25) is 4.90 Å². The molecule has 1 fully saturated rings. The van der Waals surface area contributed by atoms with E-state index in [4.69, 9.17) is 4.74 Å². The minimum atomic E-state index is -0.480. The van der Waals surface area contributed by atoms with Crippen LogP contribution in [0.1, 0.15) is 51.3 Å². The average molecular weight is 367 g/mol. The first-order chi connectivity index (χ1) is 12.9. The lowest BCUT2D eigenvalue weighted by Crippen LogP contribution is -2.67. The zero-order chi connectivity index (χ0) is 19.4. The average Bonchev–Trinajstić information content (AvgIpc) is 2.61. The van der Waals surface area contributed by atoms with Gasteiger partial charge < -0.3 is 10.1 Å². The normalized spacial score (nSPS) is 20.2. The Morgan fingerprint density at radius 1 is 1.07 bits per heavy atom. The number of amides is 1. The van der Waals surface area contributed by atoms with Crippen LogP contribution in [-0.4, -0.2) is 35.2 Å². The molecule has 0 spiro atoms. The number of rotatable bonds is 5. The van der Waals surface area contributed by atoms with Crippen molar-refractivity contribution in [3.63, 3.8) is 0 Å². The number of benzene rings is 2. The van der Waals surface area contributed by atoms with Crippen molar-refractivity contribution in [1.29, 1.82) is 0 Å². The SMILES string of the molecule is CC[C@@H]1[C@@H](NC(=O)OC(C)(C)C)CN1C(c1ccccc1)c1ccccc1. The van der Waals surface area contributed by atoms with Crippen LogP contribution in [-0.2, 0) is 4.74 Å². The molecule has 2 atom stereocenters. The zero-order valence-corrected chi connectivity index (χ0v) is 16.7. The lowest BCUT2D eigenvalue weighted by atomic mass is 9.86. The third-order valence-corrected chi connectivity index (χ3v) is 4.98. The van der Waals surface area contributed by atoms with E-state index in [2.05, 4.69) is 65.7 Å². The molecule has 1 amide bonds. The highest BCUT2D eigenvalue weighted by atomic mass is 16.6. The second-order valence-electron chi connectivity index (χ2n) is 8.15. The monoisotopic (exact) mass is 366 g/mol. The van der Waals surface area contributed by atoms with Crippen molar-refractivity contribution in [2.75, 3.05) is 6.54 Å². The number of ether oxygens (including phenoxy) is 1. The molecule has 1 saturated heterocycles. The molecule has 0 unspecified atom stereocenters. The molecule has 144 valence electrons. The highest BCUT2D eigenvalue weighted by molar-refractivity contribution is 5.68. The number of carbonyl (C=O) groups excluding carboxylic acids is 1. The summed E-state index contributed by atoms with van der Waals surface area (Å²) in [5.74, 6) is 0. The molecule has 0 bridgehead atoms. The van der Waals surface area contributed by atoms with Crippen LogP contribution in [0, 0.1) is 0 Å². The lowest BCUT2D eigenvalue weighted by molar-refractivity contribution is -0.000582. The van der Waals surface area contributed by atoms with Gasteiger partial charge in [-0.25, -0.2) is 4.79 Å². The molecule has 0 radical (unpaired) electrons. The van der Waals surface area contributed by atoms with Crippen molar-refractivity contribution >= 4 is 6.09 Å². The molecule has 1 heterocycles. The van der Waals surface area contributed by atoms with E-state index in [1.807, 2.05) is 32.9 Å². The molecule has 4 heteroatoms. The maximum atomic E-state index is 12.2. The number of hydrogen-bond donors (Lipinski definition) is 1. The van der Waals surface area contributed by atoms with Gasteiger partial charge in [0.2, 0.25) is 0 Å². The van der Waals surface area contributed by atoms with Crippen molar-refractivity contribution < 1.29 is 9.53 Å². The minimum Gasteiger partial charge on any atom is -0.444 e. The molecule has 27 heavy (non-hydrogen) atoms. The maximum absolute atomic E-state index is 12.2. The van der Waals surface area contributed by atoms with Gasteiger partial charge in [-0.05, 0) is 38.3 Å². The van der Waals surface area contributed by atoms with E-state index in [0.717, 1.165) is 13.0 Å². The fraction of sp³-hybridized carbons (Fsp3) is 0.435. The van der Waals surface area contributed by atoms with Gasteiger partial charge >= 0.3 is 6.09 Å². The van der Waals surface area contributed by atoms with E-state index in [0.29, 0.717) is 0 Å². The van der Waals surface area contributed by atoms with Crippen molar-refractivity contribution in [2.24, 2.45) is 0 Å². The second-order valence-corrected chi connectivity index (χ2v) is 8.15. The number of likely N-dealkylation sites (tertiary alicyclic amines) is 1. The van der Waals surface area contributed by atoms with Crippen LogP contribution < -0.4 is 5.32 Å². The first-order valence-corrected chi connectivity index (χ1v) is 9.74. The van der Waals surface area contributed by atoms with Gasteiger partial charge in [-0.2, -0.15) is 0 Å². The summed E-state index contributed by atoms with van der Waals surface area (Å²) >= 11 is 0. The Morgan fingerprint density at radius 2 is 1.59 bits per heavy atom. The summed E-state index contributed by atoms with van der Waals surface area (Å²) in [5.41, 5.74) is 2.07. The standard InChI is InChI=1S/C23H30N2O2/c1-5-20-19(24-22(26)27-23(2,3)4)16-25(20)21(17-12-8-6-9-13-17)18-14-10-7-11-15-18/h6-15,19-21H,5,16H2,1-4H3,(H,24,26)/t19-,20+/m0/s1. The van der Waals surface area contributed by atoms with E-state index in [9.17, 15) is 4.79 Å². The summed E-state index contributed by atoms with van der Waals surface area (Å²) in [4.78, 5) is 14.7. The molecule has 3 rings (SSSR count). The Bertz CT molecular complexity index is 700. The van der Waals surface area contributed by atoms with E-state index in [1.54, 1.807) is 0 Å². The molecular formula is C23H30N2O2. The molecule has 0 saturated carbocycles. The Balaban J connectivity index is 1.78. The molecule has 2 aromatic rings. The van der Waals surface area contributed by atoms with Gasteiger partial charge in [-0.15, -0.1) is 0 Å². The Hall–Kier alpha value is -2.33. The zero-order valence-electron chi connectivity index (χ0n) is 16.7. The van der Waals surface area contributed by atoms with Gasteiger partial charge in [0.15, 0.2) is 0 Å². The van der Waals surface area contributed by atoms with Crippen LogP contribution >= 0.6 is 0 Å². The van der Waals surface area contributed by atoms with Crippen molar-refractivity contribution in [2.45, 2.75) is 57.8 Å². The summed E-state index contributed by atoms with van der Waals surface area (Å²) < 4.78 is 5.43. The molecule has 1 aliphatic heterocycles. The summed E-state index contributed by atoms with van der Waals surface area (Å²) in [6.45, 7) is 8.65. The maximum Gasteiger partial charge on any atom is 0.407 e. The number of hydrogen-bond acceptors (Lipinski definition) is 3. The Labute approximate surface area is 162 Å². The molecule has 0 aliphatic carbocycles. The van der Waals surface area contributed by atoms with Crippen molar-refractivity contribution in [3.8, 4) is 0 Å². The van der Waals surface area contributed by atoms with Gasteiger partial charge in [-0.1, -0.05) is 67.6 Å². The predicted octanol–water partition coefficient (Wildman–Crippen LogP) is 4.76. The highest BCUT2D eigenvalue weighted by Gasteiger charge is 2.43. The predicted molar refractivity (Wildman–Crippen MR) is 109 cm³/mol. The van der Waals surface area contributed by atoms with Gasteiger partial charge in [0.25, 0.3) is 0 Å². The summed E-state index contributed by atoms with van der Waals surface area (Å²) in [6.07, 6.45) is 0.637. The summed E-state index contributed by atoms with van der Waals surface area (Å²) in [7, 11) is 0. The van der Waals surface area contributed by atoms with Crippen LogP contribution in [0.5, 0.6) is 0 Å². The molecule has 4 nitrogen and oxygen atoms in total. The molecule has 0 aromatic heterocycles. The van der Waals surface area contributed by atoms with Crippen LogP contribution in [0.3, 0.4) is 0 Å². The van der Waals surface area contributed by atoms with Gasteiger partial charge in [0.05, 0.1) is 12.1 Å². The molecular weight excluding hydrogens is 336 g/mol. The van der Waals surface area contributed by atoms with E-state index >= 15 is 0 Å². The topological polar surface area (TPSA) is 41.6 Å².